The fourth-order valence-electron chi connectivity index (χ4n) is 2.68. The zero-order valence-electron chi connectivity index (χ0n) is 12.5. The van der Waals surface area contributed by atoms with Gasteiger partial charge in [-0.25, -0.2) is 0 Å². The number of H-pyrrole nitrogens is 1. The van der Waals surface area contributed by atoms with E-state index in [2.05, 4.69) is 11.1 Å². The molecule has 0 aliphatic carbocycles. The lowest BCUT2D eigenvalue weighted by atomic mass is 10.1. The summed E-state index contributed by atoms with van der Waals surface area (Å²) in [5.74, 6) is 0.826. The van der Waals surface area contributed by atoms with Gasteiger partial charge in [-0.05, 0) is 24.1 Å². The number of pyridine rings is 1. The van der Waals surface area contributed by atoms with Gasteiger partial charge in [0, 0.05) is 41.4 Å². The molecule has 0 bridgehead atoms. The summed E-state index contributed by atoms with van der Waals surface area (Å²) in [6, 6.07) is 10.8. The van der Waals surface area contributed by atoms with Crippen LogP contribution in [0.1, 0.15) is 27.6 Å². The Bertz CT molecular complexity index is 742. The molecule has 3 rings (SSSR count). The van der Waals surface area contributed by atoms with E-state index in [0.29, 0.717) is 23.9 Å². The van der Waals surface area contributed by atoms with E-state index in [1.165, 1.54) is 12.3 Å². The minimum absolute atomic E-state index is 0.0401. The molecule has 4 nitrogen and oxygen atoms in total. The van der Waals surface area contributed by atoms with Gasteiger partial charge >= 0.3 is 0 Å². The highest BCUT2D eigenvalue weighted by atomic mass is 35.5. The molecule has 1 aliphatic rings. The van der Waals surface area contributed by atoms with Crippen molar-refractivity contribution in [1.29, 1.82) is 0 Å². The van der Waals surface area contributed by atoms with Gasteiger partial charge in [0.2, 0.25) is 5.56 Å². The molecular formula is C17H17ClN2O2S. The van der Waals surface area contributed by atoms with Crippen LogP contribution in [0.25, 0.3) is 0 Å². The Morgan fingerprint density at radius 2 is 2.04 bits per heavy atom. The van der Waals surface area contributed by atoms with Crippen LogP contribution in [0.15, 0.2) is 47.4 Å². The number of amides is 1. The van der Waals surface area contributed by atoms with Crippen molar-refractivity contribution in [2.45, 2.75) is 11.7 Å². The number of nitrogens with one attached hydrogen (secondary N) is 1. The third-order valence-corrected chi connectivity index (χ3v) is 5.57. The molecule has 1 aromatic carbocycles. The number of aromatic nitrogens is 1. The highest BCUT2D eigenvalue weighted by Crippen LogP contribution is 2.37. The lowest BCUT2D eigenvalue weighted by Crippen LogP contribution is -2.33. The Morgan fingerprint density at radius 3 is 2.78 bits per heavy atom. The first kappa shape index (κ1) is 16.1. The number of benzene rings is 1. The third-order valence-electron chi connectivity index (χ3n) is 3.91. The van der Waals surface area contributed by atoms with E-state index in [-0.39, 0.29) is 11.5 Å². The Labute approximate surface area is 143 Å². The number of thioether (sulfide) groups is 1. The van der Waals surface area contributed by atoms with E-state index in [1.54, 1.807) is 6.07 Å². The maximum atomic E-state index is 12.5. The van der Waals surface area contributed by atoms with Gasteiger partial charge in [-0.15, -0.1) is 0 Å². The first-order valence-corrected chi connectivity index (χ1v) is 8.92. The molecule has 1 fully saturated rings. The first-order chi connectivity index (χ1) is 11.1. The molecule has 1 aliphatic heterocycles. The molecule has 0 spiro atoms. The maximum Gasteiger partial charge on any atom is 0.255 e. The number of carbonyl (C=O) groups excluding carboxylic acids is 1. The van der Waals surface area contributed by atoms with Crippen molar-refractivity contribution in [3.63, 3.8) is 0 Å². The van der Waals surface area contributed by atoms with E-state index >= 15 is 0 Å². The normalized spacial score (nSPS) is 18.5. The molecule has 0 radical (unpaired) electrons. The SMILES string of the molecule is O=C(c1ccc(=O)[nH]c1)N1CCS[C@H](c2ccccc2Cl)CC1. The van der Waals surface area contributed by atoms with Crippen molar-refractivity contribution in [2.24, 2.45) is 0 Å². The van der Waals surface area contributed by atoms with E-state index in [1.807, 2.05) is 34.9 Å². The molecular weight excluding hydrogens is 332 g/mol. The average molecular weight is 349 g/mol. The van der Waals surface area contributed by atoms with Crippen LogP contribution in [0, 0.1) is 0 Å². The number of aromatic amines is 1. The van der Waals surface area contributed by atoms with Crippen LogP contribution < -0.4 is 5.56 Å². The second-order valence-electron chi connectivity index (χ2n) is 5.40. The molecule has 23 heavy (non-hydrogen) atoms. The van der Waals surface area contributed by atoms with Crippen LogP contribution in [0.4, 0.5) is 0 Å². The van der Waals surface area contributed by atoms with Crippen LogP contribution >= 0.6 is 23.4 Å². The summed E-state index contributed by atoms with van der Waals surface area (Å²) in [6.07, 6.45) is 2.34. The van der Waals surface area contributed by atoms with E-state index in [0.717, 1.165) is 22.8 Å². The zero-order chi connectivity index (χ0) is 16.2. The summed E-state index contributed by atoms with van der Waals surface area (Å²) in [4.78, 5) is 28.1. The van der Waals surface area contributed by atoms with Crippen molar-refractivity contribution < 1.29 is 4.79 Å². The van der Waals surface area contributed by atoms with Gasteiger partial charge in [0.1, 0.15) is 0 Å². The quantitative estimate of drug-likeness (QED) is 0.905. The maximum absolute atomic E-state index is 12.5. The predicted molar refractivity (Wildman–Crippen MR) is 94.2 cm³/mol. The lowest BCUT2D eigenvalue weighted by molar-refractivity contribution is 0.0766. The topological polar surface area (TPSA) is 53.2 Å². The number of carbonyl (C=O) groups is 1. The van der Waals surface area contributed by atoms with E-state index < -0.39 is 0 Å². The summed E-state index contributed by atoms with van der Waals surface area (Å²) < 4.78 is 0. The molecule has 0 saturated carbocycles. The van der Waals surface area contributed by atoms with Crippen LogP contribution in [-0.2, 0) is 0 Å². The lowest BCUT2D eigenvalue weighted by Gasteiger charge is -2.20. The Kier molecular flexibility index (Phi) is 5.08. The van der Waals surface area contributed by atoms with Crippen LogP contribution in [0.2, 0.25) is 5.02 Å². The van der Waals surface area contributed by atoms with Gasteiger partial charge in [0.05, 0.1) is 5.56 Å². The standard InChI is InChI=1S/C17H17ClN2O2S/c18-14-4-2-1-3-13(14)15-7-8-20(9-10-23-15)17(22)12-5-6-16(21)19-11-12/h1-6,11,15H,7-10H2,(H,19,21)/t15-/m0/s1. The van der Waals surface area contributed by atoms with Gasteiger partial charge in [-0.2, -0.15) is 11.8 Å². The molecule has 1 amide bonds. The van der Waals surface area contributed by atoms with Crippen LogP contribution in [0.5, 0.6) is 0 Å². The minimum atomic E-state index is -0.202. The molecule has 1 N–H and O–H groups in total. The van der Waals surface area contributed by atoms with Crippen molar-refractivity contribution in [1.82, 2.24) is 9.88 Å². The second-order valence-corrected chi connectivity index (χ2v) is 7.12. The van der Waals surface area contributed by atoms with Crippen molar-refractivity contribution in [3.05, 3.63) is 69.1 Å². The Morgan fingerprint density at radius 1 is 1.22 bits per heavy atom. The molecule has 6 heteroatoms. The largest absolute Gasteiger partial charge is 0.338 e. The fourth-order valence-corrected chi connectivity index (χ4v) is 4.28. The average Bonchev–Trinajstić information content (AvgIpc) is 2.81. The van der Waals surface area contributed by atoms with Gasteiger partial charge in [-0.1, -0.05) is 29.8 Å². The summed E-state index contributed by atoms with van der Waals surface area (Å²) in [7, 11) is 0. The van der Waals surface area contributed by atoms with Crippen molar-refractivity contribution >= 4 is 29.3 Å². The molecule has 120 valence electrons. The Hall–Kier alpha value is -1.72. The van der Waals surface area contributed by atoms with Gasteiger partial charge in [0.15, 0.2) is 0 Å². The molecule has 2 heterocycles. The number of hydrogen-bond donors (Lipinski definition) is 1. The van der Waals surface area contributed by atoms with Crippen molar-refractivity contribution in [2.75, 3.05) is 18.8 Å². The zero-order valence-corrected chi connectivity index (χ0v) is 14.1. The highest BCUT2D eigenvalue weighted by molar-refractivity contribution is 7.99. The molecule has 1 atom stereocenters. The summed E-state index contributed by atoms with van der Waals surface area (Å²) >= 11 is 8.13. The smallest absolute Gasteiger partial charge is 0.255 e. The molecule has 0 unspecified atom stereocenters. The monoisotopic (exact) mass is 348 g/mol. The highest BCUT2D eigenvalue weighted by Gasteiger charge is 2.24. The number of hydrogen-bond acceptors (Lipinski definition) is 3. The predicted octanol–water partition coefficient (Wildman–Crippen LogP) is 3.35. The fraction of sp³-hybridized carbons (Fsp3) is 0.294. The third kappa shape index (κ3) is 3.79. The summed E-state index contributed by atoms with van der Waals surface area (Å²) in [6.45, 7) is 1.38. The first-order valence-electron chi connectivity index (χ1n) is 7.49. The van der Waals surface area contributed by atoms with Crippen LogP contribution in [0.3, 0.4) is 0 Å². The minimum Gasteiger partial charge on any atom is -0.338 e. The number of rotatable bonds is 2. The number of nitrogens with zero attached hydrogens (tertiary/aromatic N) is 1. The van der Waals surface area contributed by atoms with E-state index in [4.69, 9.17) is 11.6 Å². The van der Waals surface area contributed by atoms with Gasteiger partial charge < -0.3 is 9.88 Å². The van der Waals surface area contributed by atoms with Crippen molar-refractivity contribution in [3.8, 4) is 0 Å². The molecule has 2 aromatic rings. The second kappa shape index (κ2) is 7.23. The summed E-state index contributed by atoms with van der Waals surface area (Å²) in [5.41, 5.74) is 1.45. The van der Waals surface area contributed by atoms with Gasteiger partial charge in [-0.3, -0.25) is 9.59 Å². The Balaban J connectivity index is 1.71. The van der Waals surface area contributed by atoms with E-state index in [9.17, 15) is 9.59 Å². The van der Waals surface area contributed by atoms with Gasteiger partial charge in [0.25, 0.3) is 5.91 Å². The molecule has 1 saturated heterocycles. The number of halogens is 1. The van der Waals surface area contributed by atoms with Crippen LogP contribution in [-0.4, -0.2) is 34.6 Å². The molecule has 1 aromatic heterocycles. The summed E-state index contributed by atoms with van der Waals surface area (Å²) in [5, 5.41) is 1.09.